The molecule has 0 bridgehead atoms. The lowest BCUT2D eigenvalue weighted by Gasteiger charge is -2.25. The third-order valence-corrected chi connectivity index (χ3v) is 9.67. The predicted octanol–water partition coefficient (Wildman–Crippen LogP) is 1.41. The molecule has 138 valence electrons. The van der Waals surface area contributed by atoms with Crippen LogP contribution in [0.2, 0.25) is 39.3 Å². The molecule has 0 aromatic carbocycles. The van der Waals surface area contributed by atoms with Crippen molar-refractivity contribution in [3.63, 3.8) is 0 Å². The van der Waals surface area contributed by atoms with Crippen LogP contribution >= 0.6 is 0 Å². The fraction of sp³-hybridized carbons (Fsp3) is 0.667. The van der Waals surface area contributed by atoms with Gasteiger partial charge in [-0.05, 0) is 17.3 Å². The quantitative estimate of drug-likeness (QED) is 0.544. The van der Waals surface area contributed by atoms with Crippen molar-refractivity contribution in [3.8, 4) is 0 Å². The second-order valence-electron chi connectivity index (χ2n) is 8.07. The molecule has 0 aliphatic carbocycles. The number of hydrogen-bond donors (Lipinski definition) is 0. The Bertz CT molecular complexity index is 726. The van der Waals surface area contributed by atoms with Gasteiger partial charge in [0.1, 0.15) is 5.69 Å². The van der Waals surface area contributed by atoms with Gasteiger partial charge < -0.3 is 4.74 Å². The van der Waals surface area contributed by atoms with E-state index in [1.54, 1.807) is 13.1 Å². The maximum Gasteiger partial charge on any atom is 0.355 e. The molecule has 0 spiro atoms. The summed E-state index contributed by atoms with van der Waals surface area (Å²) in [5.74, 6) is -0.565. The number of rotatable bonds is 6. The molecule has 1 aromatic heterocycles. The maximum atomic E-state index is 12.8. The highest BCUT2D eigenvalue weighted by Crippen LogP contribution is 2.16. The van der Waals surface area contributed by atoms with Gasteiger partial charge in [0.05, 0.1) is 22.8 Å². The van der Waals surface area contributed by atoms with Gasteiger partial charge in [0, 0.05) is 20.3 Å². The van der Waals surface area contributed by atoms with Gasteiger partial charge in [-0.3, -0.25) is 0 Å². The minimum absolute atomic E-state index is 0.183. The van der Waals surface area contributed by atoms with E-state index in [9.17, 15) is 13.2 Å². The summed E-state index contributed by atoms with van der Waals surface area (Å²) in [5.41, 5.74) is 0.183. The van der Waals surface area contributed by atoms with Crippen molar-refractivity contribution in [1.29, 1.82) is 0 Å². The fourth-order valence-corrected chi connectivity index (χ4v) is 9.16. The number of nitrogens with zero attached hydrogens (tertiary/aromatic N) is 2. The molecule has 0 fully saturated rings. The Kier molecular flexibility index (Phi) is 5.97. The molecule has 6 nitrogen and oxygen atoms in total. The highest BCUT2D eigenvalue weighted by atomic mass is 32.2. The number of hydrogen-bond acceptors (Lipinski definition) is 4. The van der Waals surface area contributed by atoms with E-state index in [1.807, 2.05) is 0 Å². The lowest BCUT2D eigenvalue weighted by molar-refractivity contribution is 0.0519. The SMILES string of the molecule is CCOC(=O)c1c([Si](C)(C)C)c([Si](C)(C)C)cn1S(=O)(=O)N(C)C. The van der Waals surface area contributed by atoms with Crippen molar-refractivity contribution >= 4 is 42.7 Å². The third kappa shape index (κ3) is 4.01. The summed E-state index contributed by atoms with van der Waals surface area (Å²) in [7, 11) is -4.71. The average Bonchev–Trinajstić information content (AvgIpc) is 2.79. The van der Waals surface area contributed by atoms with E-state index in [-0.39, 0.29) is 12.3 Å². The van der Waals surface area contributed by atoms with Gasteiger partial charge in [0.25, 0.3) is 0 Å². The second-order valence-corrected chi connectivity index (χ2v) is 20.1. The minimum Gasteiger partial charge on any atom is -0.461 e. The molecule has 0 aliphatic rings. The van der Waals surface area contributed by atoms with Gasteiger partial charge in [0.15, 0.2) is 0 Å². The summed E-state index contributed by atoms with van der Waals surface area (Å²) >= 11 is 0. The van der Waals surface area contributed by atoms with Gasteiger partial charge in [-0.2, -0.15) is 12.7 Å². The summed E-state index contributed by atoms with van der Waals surface area (Å²) < 4.78 is 33.0. The van der Waals surface area contributed by atoms with Crippen molar-refractivity contribution in [3.05, 3.63) is 11.9 Å². The topological polar surface area (TPSA) is 68.6 Å². The third-order valence-electron chi connectivity index (χ3n) is 3.71. The molecular weight excluding hydrogens is 360 g/mol. The average molecular weight is 391 g/mol. The van der Waals surface area contributed by atoms with Crippen LogP contribution in [0.3, 0.4) is 0 Å². The molecule has 24 heavy (non-hydrogen) atoms. The van der Waals surface area contributed by atoms with Crippen molar-refractivity contribution in [1.82, 2.24) is 8.28 Å². The predicted molar refractivity (Wildman–Crippen MR) is 104 cm³/mol. The van der Waals surface area contributed by atoms with Crippen LogP contribution in [0.15, 0.2) is 6.20 Å². The van der Waals surface area contributed by atoms with Crippen LogP contribution in [0.25, 0.3) is 0 Å². The molecule has 0 radical (unpaired) electrons. The Hall–Kier alpha value is -0.906. The van der Waals surface area contributed by atoms with E-state index in [2.05, 4.69) is 39.3 Å². The zero-order valence-corrected chi connectivity index (χ0v) is 19.0. The smallest absolute Gasteiger partial charge is 0.355 e. The molecule has 1 heterocycles. The molecule has 0 unspecified atom stereocenters. The number of carbonyl (C=O) groups excluding carboxylic acids is 1. The monoisotopic (exact) mass is 390 g/mol. The normalized spacial score (nSPS) is 13.4. The van der Waals surface area contributed by atoms with E-state index in [0.717, 1.165) is 18.7 Å². The highest BCUT2D eigenvalue weighted by Gasteiger charge is 2.39. The van der Waals surface area contributed by atoms with Crippen LogP contribution in [-0.2, 0) is 14.9 Å². The summed E-state index contributed by atoms with van der Waals surface area (Å²) in [5, 5.41) is 1.93. The van der Waals surface area contributed by atoms with Gasteiger partial charge in [-0.1, -0.05) is 39.3 Å². The van der Waals surface area contributed by atoms with Crippen LogP contribution in [0, 0.1) is 0 Å². The summed E-state index contributed by atoms with van der Waals surface area (Å²) in [6.07, 6.45) is 1.65. The number of ether oxygens (including phenoxy) is 1. The molecule has 0 saturated heterocycles. The Labute approximate surface area is 148 Å². The molecule has 1 aromatic rings. The first-order chi connectivity index (χ1) is 10.7. The van der Waals surface area contributed by atoms with Gasteiger partial charge in [0.2, 0.25) is 0 Å². The number of aromatic nitrogens is 1. The molecule has 1 rings (SSSR count). The van der Waals surface area contributed by atoms with E-state index < -0.39 is 32.3 Å². The first-order valence-electron chi connectivity index (χ1n) is 8.02. The Morgan fingerprint density at radius 3 is 1.96 bits per heavy atom. The Morgan fingerprint density at radius 1 is 1.12 bits per heavy atom. The maximum absolute atomic E-state index is 12.8. The largest absolute Gasteiger partial charge is 0.461 e. The molecule has 0 saturated carbocycles. The van der Waals surface area contributed by atoms with Crippen LogP contribution in [-0.4, -0.2) is 59.5 Å². The first-order valence-corrected chi connectivity index (χ1v) is 16.4. The zero-order chi connectivity index (χ0) is 19.1. The van der Waals surface area contributed by atoms with E-state index in [4.69, 9.17) is 4.74 Å². The van der Waals surface area contributed by atoms with Crippen molar-refractivity contribution < 1.29 is 17.9 Å². The van der Waals surface area contributed by atoms with Gasteiger partial charge in [-0.25, -0.2) is 8.77 Å². The molecule has 0 amide bonds. The first kappa shape index (κ1) is 21.1. The lowest BCUT2D eigenvalue weighted by Crippen LogP contribution is -2.56. The summed E-state index contributed by atoms with van der Waals surface area (Å²) in [4.78, 5) is 12.7. The van der Waals surface area contributed by atoms with Crippen molar-refractivity contribution in [2.45, 2.75) is 46.2 Å². The van der Waals surface area contributed by atoms with Crippen molar-refractivity contribution in [2.24, 2.45) is 0 Å². The van der Waals surface area contributed by atoms with Crippen LogP contribution in [0.1, 0.15) is 17.4 Å². The standard InChI is InChI=1S/C15H30N2O4SSi2/c1-10-21-15(18)13-14(24(7,8)9)12(23(4,5)6)11-17(13)22(19,20)16(2)3/h11H,10H2,1-9H3. The summed E-state index contributed by atoms with van der Waals surface area (Å²) in [6, 6.07) is 0. The van der Waals surface area contributed by atoms with E-state index in [1.165, 1.54) is 14.1 Å². The van der Waals surface area contributed by atoms with Gasteiger partial charge in [-0.15, -0.1) is 0 Å². The number of carbonyl (C=O) groups is 1. The molecule has 0 aliphatic heterocycles. The highest BCUT2D eigenvalue weighted by molar-refractivity contribution is 7.87. The van der Waals surface area contributed by atoms with Gasteiger partial charge >= 0.3 is 16.2 Å². The minimum atomic E-state index is -3.80. The van der Waals surface area contributed by atoms with E-state index >= 15 is 0 Å². The number of esters is 1. The van der Waals surface area contributed by atoms with Crippen LogP contribution in [0.5, 0.6) is 0 Å². The molecule has 0 N–H and O–H groups in total. The van der Waals surface area contributed by atoms with Crippen molar-refractivity contribution in [2.75, 3.05) is 20.7 Å². The Morgan fingerprint density at radius 2 is 1.62 bits per heavy atom. The fourth-order valence-electron chi connectivity index (χ4n) is 2.56. The van der Waals surface area contributed by atoms with Crippen LogP contribution in [0.4, 0.5) is 0 Å². The van der Waals surface area contributed by atoms with E-state index in [0.29, 0.717) is 0 Å². The van der Waals surface area contributed by atoms with Crippen LogP contribution < -0.4 is 10.4 Å². The molecular formula is C15H30N2O4SSi2. The Balaban J connectivity index is 3.98. The molecule has 0 atom stereocenters. The second kappa shape index (κ2) is 6.77. The lowest BCUT2D eigenvalue weighted by atomic mass is 10.4. The zero-order valence-electron chi connectivity index (χ0n) is 16.2. The summed E-state index contributed by atoms with van der Waals surface area (Å²) in [6.45, 7) is 14.8. The molecule has 9 heteroatoms.